The Balaban J connectivity index is 2.15. The Bertz CT molecular complexity index is 615. The number of rotatable bonds is 5. The number of aromatic nitrogens is 1. The highest BCUT2D eigenvalue weighted by atomic mass is 35.5. The quantitative estimate of drug-likeness (QED) is 0.678. The second-order valence-corrected chi connectivity index (χ2v) is 4.76. The number of ketones is 1. The van der Waals surface area contributed by atoms with Crippen LogP contribution in [0.2, 0.25) is 5.02 Å². The molecule has 104 valence electrons. The third-order valence-electron chi connectivity index (χ3n) is 3.01. The number of nitrogens with zero attached hydrogens (tertiary/aromatic N) is 1. The smallest absolute Gasteiger partial charge is 0.166 e. The molecular weight excluding hydrogens is 276 g/mol. The molecule has 0 amide bonds. The van der Waals surface area contributed by atoms with Crippen LogP contribution in [0.5, 0.6) is 5.75 Å². The van der Waals surface area contributed by atoms with Crippen molar-refractivity contribution in [2.45, 2.75) is 12.8 Å². The molecule has 0 unspecified atom stereocenters. The van der Waals surface area contributed by atoms with E-state index in [4.69, 9.17) is 22.1 Å². The lowest BCUT2D eigenvalue weighted by molar-refractivity contribution is 0.0980. The number of aryl methyl sites for hydroxylation is 1. The van der Waals surface area contributed by atoms with Gasteiger partial charge >= 0.3 is 0 Å². The number of hydrogen-bond donors (Lipinski definition) is 1. The third kappa shape index (κ3) is 3.27. The molecule has 0 fully saturated rings. The minimum absolute atomic E-state index is 0.0273. The van der Waals surface area contributed by atoms with Crippen LogP contribution >= 0.6 is 11.6 Å². The number of pyridine rings is 1. The molecule has 2 N–H and O–H groups in total. The Morgan fingerprint density at radius 1 is 1.35 bits per heavy atom. The molecule has 0 aliphatic carbocycles. The normalized spacial score (nSPS) is 10.3. The van der Waals surface area contributed by atoms with Gasteiger partial charge < -0.3 is 10.5 Å². The molecule has 0 radical (unpaired) electrons. The number of carbonyl (C=O) groups excluding carboxylic acids is 1. The number of methoxy groups -OCH3 is 1. The summed E-state index contributed by atoms with van der Waals surface area (Å²) >= 11 is 5.96. The van der Waals surface area contributed by atoms with Crippen molar-refractivity contribution in [2.75, 3.05) is 12.8 Å². The van der Waals surface area contributed by atoms with Crippen molar-refractivity contribution < 1.29 is 9.53 Å². The number of nitrogens with two attached hydrogens (primary N) is 1. The summed E-state index contributed by atoms with van der Waals surface area (Å²) in [5, 5.41) is 0.359. The Labute approximate surface area is 122 Å². The van der Waals surface area contributed by atoms with Crippen molar-refractivity contribution in [1.29, 1.82) is 0 Å². The monoisotopic (exact) mass is 290 g/mol. The van der Waals surface area contributed by atoms with Gasteiger partial charge in [-0.1, -0.05) is 11.6 Å². The lowest BCUT2D eigenvalue weighted by atomic mass is 10.0. The van der Waals surface area contributed by atoms with Crippen LogP contribution < -0.4 is 10.5 Å². The Morgan fingerprint density at radius 2 is 2.05 bits per heavy atom. The Hall–Kier alpha value is -2.07. The van der Waals surface area contributed by atoms with E-state index in [1.165, 1.54) is 7.11 Å². The van der Waals surface area contributed by atoms with Gasteiger partial charge in [-0.3, -0.25) is 9.78 Å². The summed E-state index contributed by atoms with van der Waals surface area (Å²) in [4.78, 5) is 16.2. The van der Waals surface area contributed by atoms with Gasteiger partial charge in [-0.05, 0) is 30.2 Å². The first-order chi connectivity index (χ1) is 9.61. The molecular formula is C15H15ClN2O2. The zero-order chi connectivity index (χ0) is 14.5. The fourth-order valence-corrected chi connectivity index (χ4v) is 2.06. The number of anilines is 1. The number of Topliss-reactive ketones (excluding diaryl/α,β-unsaturated/α-hetero) is 1. The molecule has 0 aliphatic heterocycles. The molecule has 0 saturated carbocycles. The van der Waals surface area contributed by atoms with Crippen molar-refractivity contribution in [3.05, 3.63) is 52.8 Å². The van der Waals surface area contributed by atoms with Gasteiger partial charge in [0.05, 0.1) is 23.4 Å². The van der Waals surface area contributed by atoms with Crippen LogP contribution in [0.3, 0.4) is 0 Å². The zero-order valence-corrected chi connectivity index (χ0v) is 11.9. The number of nitrogen functional groups attached to an aromatic ring is 1. The largest absolute Gasteiger partial charge is 0.496 e. The van der Waals surface area contributed by atoms with Crippen LogP contribution in [0.4, 0.5) is 5.69 Å². The summed E-state index contributed by atoms with van der Waals surface area (Å²) in [6.45, 7) is 0. The van der Waals surface area contributed by atoms with Crippen molar-refractivity contribution in [2.24, 2.45) is 0 Å². The second kappa shape index (κ2) is 6.39. The van der Waals surface area contributed by atoms with E-state index in [9.17, 15) is 4.79 Å². The van der Waals surface area contributed by atoms with Gasteiger partial charge in [-0.2, -0.15) is 0 Å². The summed E-state index contributed by atoms with van der Waals surface area (Å²) in [6, 6.07) is 6.91. The predicted octanol–water partition coefficient (Wildman–Crippen LogP) is 3.14. The first-order valence-electron chi connectivity index (χ1n) is 6.17. The molecule has 0 atom stereocenters. The molecule has 0 bridgehead atoms. The molecule has 0 saturated heterocycles. The molecule has 4 nitrogen and oxygen atoms in total. The number of halogens is 1. The molecule has 20 heavy (non-hydrogen) atoms. The summed E-state index contributed by atoms with van der Waals surface area (Å²) in [5.41, 5.74) is 7.62. The van der Waals surface area contributed by atoms with Crippen molar-refractivity contribution in [3.63, 3.8) is 0 Å². The average Bonchev–Trinajstić information content (AvgIpc) is 2.48. The maximum Gasteiger partial charge on any atom is 0.166 e. The van der Waals surface area contributed by atoms with E-state index in [0.717, 1.165) is 5.56 Å². The van der Waals surface area contributed by atoms with Crippen LogP contribution in [0.25, 0.3) is 0 Å². The van der Waals surface area contributed by atoms with Gasteiger partial charge in [0.2, 0.25) is 0 Å². The SMILES string of the molecule is COc1cc(N)c(Cl)cc1C(=O)CCc1ccncc1. The molecule has 2 rings (SSSR count). The molecule has 5 heteroatoms. The predicted molar refractivity (Wildman–Crippen MR) is 79.3 cm³/mol. The highest BCUT2D eigenvalue weighted by Gasteiger charge is 2.14. The molecule has 1 aromatic carbocycles. The van der Waals surface area contributed by atoms with E-state index in [0.29, 0.717) is 34.9 Å². The summed E-state index contributed by atoms with van der Waals surface area (Å²) in [6.07, 6.45) is 4.44. The van der Waals surface area contributed by atoms with Crippen LogP contribution in [-0.2, 0) is 6.42 Å². The summed E-state index contributed by atoms with van der Waals surface area (Å²) in [5.74, 6) is 0.423. The lowest BCUT2D eigenvalue weighted by Crippen LogP contribution is -2.05. The van der Waals surface area contributed by atoms with E-state index < -0.39 is 0 Å². The maximum absolute atomic E-state index is 12.3. The number of benzene rings is 1. The zero-order valence-electron chi connectivity index (χ0n) is 11.1. The van der Waals surface area contributed by atoms with E-state index >= 15 is 0 Å². The number of ether oxygens (including phenoxy) is 1. The van der Waals surface area contributed by atoms with Crippen molar-refractivity contribution in [1.82, 2.24) is 4.98 Å². The van der Waals surface area contributed by atoms with E-state index in [2.05, 4.69) is 4.98 Å². The standard InChI is InChI=1S/C15H15ClN2O2/c1-20-15-9-13(17)12(16)8-11(15)14(19)3-2-10-4-6-18-7-5-10/h4-9H,2-3,17H2,1H3. The van der Waals surface area contributed by atoms with Crippen LogP contribution in [0.1, 0.15) is 22.3 Å². The molecule has 0 aliphatic rings. The number of hydrogen-bond acceptors (Lipinski definition) is 4. The number of carbonyl (C=O) groups is 1. The fourth-order valence-electron chi connectivity index (χ4n) is 1.90. The van der Waals surface area contributed by atoms with E-state index in [-0.39, 0.29) is 5.78 Å². The topological polar surface area (TPSA) is 65.2 Å². The molecule has 1 aromatic heterocycles. The van der Waals surface area contributed by atoms with Gasteiger partial charge in [-0.15, -0.1) is 0 Å². The Kier molecular flexibility index (Phi) is 4.58. The Morgan fingerprint density at radius 3 is 2.70 bits per heavy atom. The molecule has 2 aromatic rings. The maximum atomic E-state index is 12.3. The molecule has 1 heterocycles. The summed E-state index contributed by atoms with van der Waals surface area (Å²) < 4.78 is 5.18. The van der Waals surface area contributed by atoms with Crippen molar-refractivity contribution >= 4 is 23.1 Å². The van der Waals surface area contributed by atoms with Gasteiger partial charge in [0.25, 0.3) is 0 Å². The van der Waals surface area contributed by atoms with Crippen LogP contribution in [0, 0.1) is 0 Å². The summed E-state index contributed by atoms with van der Waals surface area (Å²) in [7, 11) is 1.50. The average molecular weight is 291 g/mol. The van der Waals surface area contributed by atoms with Crippen molar-refractivity contribution in [3.8, 4) is 5.75 Å². The second-order valence-electron chi connectivity index (χ2n) is 4.35. The third-order valence-corrected chi connectivity index (χ3v) is 3.34. The minimum Gasteiger partial charge on any atom is -0.496 e. The first-order valence-corrected chi connectivity index (χ1v) is 6.54. The van der Waals surface area contributed by atoms with Gasteiger partial charge in [0.1, 0.15) is 5.75 Å². The highest BCUT2D eigenvalue weighted by Crippen LogP contribution is 2.29. The van der Waals surface area contributed by atoms with Crippen LogP contribution in [-0.4, -0.2) is 17.9 Å². The van der Waals surface area contributed by atoms with Gasteiger partial charge in [0, 0.05) is 24.9 Å². The van der Waals surface area contributed by atoms with Crippen LogP contribution in [0.15, 0.2) is 36.7 Å². The molecule has 0 spiro atoms. The first kappa shape index (κ1) is 14.3. The van der Waals surface area contributed by atoms with E-state index in [1.54, 1.807) is 24.5 Å². The lowest BCUT2D eigenvalue weighted by Gasteiger charge is -2.10. The highest BCUT2D eigenvalue weighted by molar-refractivity contribution is 6.33. The fraction of sp³-hybridized carbons (Fsp3) is 0.200. The van der Waals surface area contributed by atoms with E-state index in [1.807, 2.05) is 12.1 Å². The minimum atomic E-state index is -0.0273. The van der Waals surface area contributed by atoms with Gasteiger partial charge in [-0.25, -0.2) is 0 Å². The van der Waals surface area contributed by atoms with Gasteiger partial charge in [0.15, 0.2) is 5.78 Å².